The van der Waals surface area contributed by atoms with Crippen molar-refractivity contribution in [1.82, 2.24) is 4.98 Å². The number of hydrogen-bond donors (Lipinski definition) is 1. The zero-order chi connectivity index (χ0) is 10.8. The maximum Gasteiger partial charge on any atom is 0.390 e. The number of halogens is 5. The van der Waals surface area contributed by atoms with Gasteiger partial charge in [-0.2, -0.15) is 13.2 Å². The van der Waals surface area contributed by atoms with E-state index >= 15 is 0 Å². The molecule has 0 saturated heterocycles. The smallest absolute Gasteiger partial charge is 0.324 e. The number of aromatic nitrogens is 1. The Bertz CT molecular complexity index is 319. The van der Waals surface area contributed by atoms with Crippen molar-refractivity contribution in [2.24, 2.45) is 5.73 Å². The summed E-state index contributed by atoms with van der Waals surface area (Å²) in [5, 5.41) is 0. The first-order chi connectivity index (χ1) is 6.38. The van der Waals surface area contributed by atoms with E-state index in [1.165, 1.54) is 18.3 Å². The topological polar surface area (TPSA) is 38.9 Å². The van der Waals surface area contributed by atoms with E-state index in [9.17, 15) is 13.2 Å². The van der Waals surface area contributed by atoms with Gasteiger partial charge in [0.25, 0.3) is 0 Å². The Morgan fingerprint density at radius 3 is 2.53 bits per heavy atom. The Kier molecular flexibility index (Phi) is 5.55. The summed E-state index contributed by atoms with van der Waals surface area (Å²) in [6.45, 7) is 0. The highest BCUT2D eigenvalue weighted by molar-refractivity contribution is 9.10. The Balaban J connectivity index is 0.00000196. The zero-order valence-electron chi connectivity index (χ0n) is 7.46. The molecule has 0 unspecified atom stereocenters. The van der Waals surface area contributed by atoms with Crippen LogP contribution in [0.5, 0.6) is 0 Å². The monoisotopic (exact) mass is 304 g/mol. The highest BCUT2D eigenvalue weighted by Gasteiger charge is 2.30. The molecule has 1 atom stereocenters. The van der Waals surface area contributed by atoms with Gasteiger partial charge in [0.2, 0.25) is 0 Å². The van der Waals surface area contributed by atoms with Gasteiger partial charge in [-0.05, 0) is 33.6 Å². The predicted octanol–water partition coefficient (Wildman–Crippen LogP) is 3.22. The summed E-state index contributed by atoms with van der Waals surface area (Å²) in [5.41, 5.74) is 5.80. The molecule has 1 aromatic heterocycles. The van der Waals surface area contributed by atoms with Gasteiger partial charge in [0.05, 0.1) is 6.42 Å². The molecule has 0 amide bonds. The van der Waals surface area contributed by atoms with Gasteiger partial charge >= 0.3 is 6.18 Å². The lowest BCUT2D eigenvalue weighted by Crippen LogP contribution is -2.20. The summed E-state index contributed by atoms with van der Waals surface area (Å²) < 4.78 is 36.4. The fraction of sp³-hybridized carbons (Fsp3) is 0.375. The minimum Gasteiger partial charge on any atom is -0.324 e. The molecule has 0 aliphatic heterocycles. The van der Waals surface area contributed by atoms with Gasteiger partial charge in [0.15, 0.2) is 0 Å². The molecule has 0 aliphatic rings. The number of nitrogens with zero attached hydrogens (tertiary/aromatic N) is 1. The first-order valence-corrected chi connectivity index (χ1v) is 4.61. The van der Waals surface area contributed by atoms with Crippen molar-refractivity contribution in [2.75, 3.05) is 0 Å². The molecule has 0 bridgehead atoms. The number of rotatable bonds is 2. The number of hydrogen-bond acceptors (Lipinski definition) is 2. The average molecular weight is 306 g/mol. The largest absolute Gasteiger partial charge is 0.390 e. The van der Waals surface area contributed by atoms with Crippen molar-refractivity contribution in [2.45, 2.75) is 18.6 Å². The number of alkyl halides is 3. The number of pyridine rings is 1. The molecule has 1 aromatic rings. The minimum atomic E-state index is -4.24. The van der Waals surface area contributed by atoms with Gasteiger partial charge in [-0.1, -0.05) is 0 Å². The zero-order valence-corrected chi connectivity index (χ0v) is 9.86. The van der Waals surface area contributed by atoms with Gasteiger partial charge in [0, 0.05) is 12.2 Å². The first-order valence-electron chi connectivity index (χ1n) is 3.82. The van der Waals surface area contributed by atoms with Gasteiger partial charge in [-0.15, -0.1) is 12.4 Å². The van der Waals surface area contributed by atoms with Gasteiger partial charge < -0.3 is 5.73 Å². The van der Waals surface area contributed by atoms with E-state index in [1.54, 1.807) is 0 Å². The molecule has 2 N–H and O–H groups in total. The van der Waals surface area contributed by atoms with Crippen LogP contribution in [-0.4, -0.2) is 11.2 Å². The maximum atomic E-state index is 12.0. The van der Waals surface area contributed by atoms with Crippen LogP contribution in [0.15, 0.2) is 22.9 Å². The minimum absolute atomic E-state index is 0. The molecule has 15 heavy (non-hydrogen) atoms. The summed E-state index contributed by atoms with van der Waals surface area (Å²) in [7, 11) is 0. The Morgan fingerprint density at radius 2 is 2.07 bits per heavy atom. The molecule has 1 rings (SSSR count). The van der Waals surface area contributed by atoms with Crippen LogP contribution in [0.25, 0.3) is 0 Å². The lowest BCUT2D eigenvalue weighted by Gasteiger charge is -2.14. The maximum absolute atomic E-state index is 12.0. The van der Waals surface area contributed by atoms with Crippen LogP contribution in [0, 0.1) is 0 Å². The molecule has 7 heteroatoms. The normalized spacial score (nSPS) is 13.1. The van der Waals surface area contributed by atoms with Crippen molar-refractivity contribution in [3.8, 4) is 0 Å². The Morgan fingerprint density at radius 1 is 1.47 bits per heavy atom. The van der Waals surface area contributed by atoms with Gasteiger partial charge in [-0.3, -0.25) is 0 Å². The quantitative estimate of drug-likeness (QED) is 0.852. The van der Waals surface area contributed by atoms with E-state index in [4.69, 9.17) is 5.73 Å². The molecule has 0 aliphatic carbocycles. The summed E-state index contributed by atoms with van der Waals surface area (Å²) in [6.07, 6.45) is -3.85. The first kappa shape index (κ1) is 14.7. The van der Waals surface area contributed by atoms with E-state index in [0.29, 0.717) is 10.2 Å². The standard InChI is InChI=1S/C8H8BrF3N2.ClH/c9-7-3-5(1-2-14-7)6(13)4-8(10,11)12;/h1-3,6H,4,13H2;1H/t6-;/m1./s1. The van der Waals surface area contributed by atoms with Crippen LogP contribution in [-0.2, 0) is 0 Å². The Labute approximate surface area is 99.6 Å². The van der Waals surface area contributed by atoms with Crippen molar-refractivity contribution in [3.63, 3.8) is 0 Å². The van der Waals surface area contributed by atoms with Crippen LogP contribution in [0.2, 0.25) is 0 Å². The summed E-state index contributed by atoms with van der Waals surface area (Å²) in [5.74, 6) is 0. The summed E-state index contributed by atoms with van der Waals surface area (Å²) >= 11 is 3.06. The Hall–Kier alpha value is -0.330. The third kappa shape index (κ3) is 5.34. The summed E-state index contributed by atoms with van der Waals surface area (Å²) in [6, 6.07) is 1.92. The molecular formula is C8H9BrClF3N2. The van der Waals surface area contributed by atoms with Crippen LogP contribution in [0.3, 0.4) is 0 Å². The molecular weight excluding hydrogens is 296 g/mol. The highest BCUT2D eigenvalue weighted by Crippen LogP contribution is 2.28. The second-order valence-electron chi connectivity index (χ2n) is 2.84. The molecule has 0 saturated carbocycles. The third-order valence-corrected chi connectivity index (χ3v) is 2.06. The van der Waals surface area contributed by atoms with Crippen molar-refractivity contribution < 1.29 is 13.2 Å². The third-order valence-electron chi connectivity index (χ3n) is 1.63. The van der Waals surface area contributed by atoms with E-state index < -0.39 is 18.6 Å². The number of nitrogens with two attached hydrogens (primary N) is 1. The second-order valence-corrected chi connectivity index (χ2v) is 3.65. The lowest BCUT2D eigenvalue weighted by molar-refractivity contribution is -0.138. The summed E-state index contributed by atoms with van der Waals surface area (Å²) in [4.78, 5) is 3.80. The molecule has 0 aromatic carbocycles. The lowest BCUT2D eigenvalue weighted by atomic mass is 10.1. The van der Waals surface area contributed by atoms with Gasteiger partial charge in [-0.25, -0.2) is 4.98 Å². The molecule has 0 fully saturated rings. The second kappa shape index (κ2) is 5.67. The van der Waals surface area contributed by atoms with E-state index in [0.717, 1.165) is 0 Å². The van der Waals surface area contributed by atoms with Crippen LogP contribution < -0.4 is 5.73 Å². The molecule has 0 spiro atoms. The van der Waals surface area contributed by atoms with Crippen molar-refractivity contribution in [3.05, 3.63) is 28.5 Å². The fourth-order valence-electron chi connectivity index (χ4n) is 1.02. The SMILES string of the molecule is Cl.N[C@H](CC(F)(F)F)c1ccnc(Br)c1. The fourth-order valence-corrected chi connectivity index (χ4v) is 1.40. The van der Waals surface area contributed by atoms with E-state index in [-0.39, 0.29) is 12.4 Å². The highest BCUT2D eigenvalue weighted by atomic mass is 79.9. The molecule has 0 radical (unpaired) electrons. The van der Waals surface area contributed by atoms with Crippen LogP contribution >= 0.6 is 28.3 Å². The molecule has 2 nitrogen and oxygen atoms in total. The molecule has 1 heterocycles. The van der Waals surface area contributed by atoms with Crippen LogP contribution in [0.4, 0.5) is 13.2 Å². The predicted molar refractivity (Wildman–Crippen MR) is 56.8 cm³/mol. The van der Waals surface area contributed by atoms with E-state index in [1.807, 2.05) is 0 Å². The van der Waals surface area contributed by atoms with E-state index in [2.05, 4.69) is 20.9 Å². The van der Waals surface area contributed by atoms with Crippen molar-refractivity contribution in [1.29, 1.82) is 0 Å². The average Bonchev–Trinajstić information content (AvgIpc) is 2.01. The van der Waals surface area contributed by atoms with Gasteiger partial charge in [0.1, 0.15) is 4.60 Å². The van der Waals surface area contributed by atoms with Crippen LogP contribution in [0.1, 0.15) is 18.0 Å². The molecule has 86 valence electrons. The van der Waals surface area contributed by atoms with Crippen molar-refractivity contribution >= 4 is 28.3 Å².